The fourth-order valence-electron chi connectivity index (χ4n) is 3.57. The first-order valence-corrected chi connectivity index (χ1v) is 11.3. The second-order valence-corrected chi connectivity index (χ2v) is 8.62. The van der Waals surface area contributed by atoms with Crippen LogP contribution in [-0.4, -0.2) is 35.1 Å². The van der Waals surface area contributed by atoms with Crippen molar-refractivity contribution in [1.82, 2.24) is 15.0 Å². The highest BCUT2D eigenvalue weighted by atomic mass is 32.2. The third-order valence-corrected chi connectivity index (χ3v) is 6.45. The number of pyridine rings is 1. The van der Waals surface area contributed by atoms with Gasteiger partial charge in [0, 0.05) is 31.1 Å². The minimum absolute atomic E-state index is 0.0609. The maximum Gasteiger partial charge on any atom is 0.256 e. The Bertz CT molecular complexity index is 1250. The van der Waals surface area contributed by atoms with E-state index >= 15 is 0 Å². The average Bonchev–Trinajstić information content (AvgIpc) is 3.14. The Hall–Kier alpha value is -3.32. The third-order valence-electron chi connectivity index (χ3n) is 5.41. The van der Waals surface area contributed by atoms with Gasteiger partial charge in [0.15, 0.2) is 0 Å². The summed E-state index contributed by atoms with van der Waals surface area (Å²) >= 11 is 1.52. The van der Waals surface area contributed by atoms with E-state index in [1.165, 1.54) is 11.8 Å². The van der Waals surface area contributed by atoms with Crippen LogP contribution in [0.5, 0.6) is 5.75 Å². The number of nitrogens with zero attached hydrogens (tertiary/aromatic N) is 3. The summed E-state index contributed by atoms with van der Waals surface area (Å²) in [4.78, 5) is 19.4. The molecular formula is C25H25N3O3S. The van der Waals surface area contributed by atoms with Crippen LogP contribution in [0.25, 0.3) is 10.8 Å². The SMILES string of the molecule is COc1ccc2cc(CN(C)C(=O)c3cccnc3SCc3c(C)noc3C)ccc2c1. The molecule has 0 fully saturated rings. The highest BCUT2D eigenvalue weighted by molar-refractivity contribution is 7.98. The Labute approximate surface area is 191 Å². The van der Waals surface area contributed by atoms with Gasteiger partial charge in [0.25, 0.3) is 5.91 Å². The number of thioether (sulfide) groups is 1. The zero-order valence-corrected chi connectivity index (χ0v) is 19.4. The van der Waals surface area contributed by atoms with Gasteiger partial charge in [-0.15, -0.1) is 11.8 Å². The van der Waals surface area contributed by atoms with Crippen LogP contribution in [0.3, 0.4) is 0 Å². The van der Waals surface area contributed by atoms with Crippen LogP contribution < -0.4 is 4.74 Å². The van der Waals surface area contributed by atoms with Crippen LogP contribution in [-0.2, 0) is 12.3 Å². The van der Waals surface area contributed by atoms with Gasteiger partial charge in [0.05, 0.1) is 18.4 Å². The summed E-state index contributed by atoms with van der Waals surface area (Å²) in [7, 11) is 3.48. The number of hydrogen-bond donors (Lipinski definition) is 0. The molecule has 0 atom stereocenters. The van der Waals surface area contributed by atoms with E-state index < -0.39 is 0 Å². The number of carbonyl (C=O) groups is 1. The largest absolute Gasteiger partial charge is 0.497 e. The molecule has 0 aliphatic rings. The smallest absolute Gasteiger partial charge is 0.256 e. The van der Waals surface area contributed by atoms with Crippen LogP contribution >= 0.6 is 11.8 Å². The van der Waals surface area contributed by atoms with Crippen molar-refractivity contribution in [2.24, 2.45) is 0 Å². The first kappa shape index (κ1) is 21.9. The molecule has 1 amide bonds. The topological polar surface area (TPSA) is 68.5 Å². The van der Waals surface area contributed by atoms with Crippen molar-refractivity contribution < 1.29 is 14.1 Å². The fraction of sp³-hybridized carbons (Fsp3) is 0.240. The summed E-state index contributed by atoms with van der Waals surface area (Å²) in [5, 5.41) is 6.92. The molecule has 0 radical (unpaired) electrons. The summed E-state index contributed by atoms with van der Waals surface area (Å²) in [6.45, 7) is 4.32. The summed E-state index contributed by atoms with van der Waals surface area (Å²) in [5.74, 6) is 2.21. The number of methoxy groups -OCH3 is 1. The molecule has 2 aromatic carbocycles. The van der Waals surface area contributed by atoms with Crippen molar-refractivity contribution >= 4 is 28.4 Å². The molecule has 4 rings (SSSR count). The quantitative estimate of drug-likeness (QED) is 0.353. The predicted molar refractivity (Wildman–Crippen MR) is 126 cm³/mol. The number of hydrogen-bond acceptors (Lipinski definition) is 6. The van der Waals surface area contributed by atoms with Gasteiger partial charge < -0.3 is 14.2 Å². The Balaban J connectivity index is 1.50. The number of fused-ring (bicyclic) bond motifs is 1. The average molecular weight is 448 g/mol. The molecule has 0 spiro atoms. The number of benzene rings is 2. The molecule has 7 heteroatoms. The van der Waals surface area contributed by atoms with Crippen molar-refractivity contribution in [3.05, 3.63) is 82.9 Å². The molecule has 0 aliphatic heterocycles. The van der Waals surface area contributed by atoms with Gasteiger partial charge in [-0.2, -0.15) is 0 Å². The van der Waals surface area contributed by atoms with Crippen molar-refractivity contribution in [3.63, 3.8) is 0 Å². The second-order valence-electron chi connectivity index (χ2n) is 7.66. The molecule has 0 unspecified atom stereocenters. The van der Waals surface area contributed by atoms with Crippen LogP contribution in [0, 0.1) is 13.8 Å². The molecule has 32 heavy (non-hydrogen) atoms. The molecule has 0 N–H and O–H groups in total. The fourth-order valence-corrected chi connectivity index (χ4v) is 4.71. The Morgan fingerprint density at radius 1 is 1.12 bits per heavy atom. The van der Waals surface area contributed by atoms with E-state index in [-0.39, 0.29) is 5.91 Å². The summed E-state index contributed by atoms with van der Waals surface area (Å²) in [6, 6.07) is 15.8. The van der Waals surface area contributed by atoms with Crippen LogP contribution in [0.1, 0.15) is 32.9 Å². The van der Waals surface area contributed by atoms with Gasteiger partial charge in [-0.1, -0.05) is 23.4 Å². The monoisotopic (exact) mass is 447 g/mol. The summed E-state index contributed by atoms with van der Waals surface area (Å²) in [6.07, 6.45) is 1.71. The molecule has 0 aliphatic carbocycles. The Morgan fingerprint density at radius 2 is 1.91 bits per heavy atom. The van der Waals surface area contributed by atoms with Crippen molar-refractivity contribution in [1.29, 1.82) is 0 Å². The van der Waals surface area contributed by atoms with E-state index in [1.807, 2.05) is 51.2 Å². The van der Waals surface area contributed by atoms with Crippen LogP contribution in [0.15, 0.2) is 64.3 Å². The van der Waals surface area contributed by atoms with Gasteiger partial charge >= 0.3 is 0 Å². The van der Waals surface area contributed by atoms with E-state index in [0.717, 1.165) is 39.1 Å². The second kappa shape index (κ2) is 9.44. The number of aryl methyl sites for hydroxylation is 2. The lowest BCUT2D eigenvalue weighted by molar-refractivity contribution is 0.0781. The first-order valence-electron chi connectivity index (χ1n) is 10.3. The number of carbonyl (C=O) groups excluding carboxylic acids is 1. The standard InChI is InChI=1S/C25H25N3O3S/c1-16-23(17(2)31-27-16)15-32-24-22(6-5-11-26-24)25(29)28(3)14-18-7-8-20-13-21(30-4)10-9-19(20)12-18/h5-13H,14-15H2,1-4H3. The van der Waals surface area contributed by atoms with Gasteiger partial charge in [-0.05, 0) is 60.5 Å². The van der Waals surface area contributed by atoms with Crippen molar-refractivity contribution in [2.45, 2.75) is 31.2 Å². The van der Waals surface area contributed by atoms with Crippen LogP contribution in [0.2, 0.25) is 0 Å². The zero-order chi connectivity index (χ0) is 22.7. The molecule has 0 saturated heterocycles. The predicted octanol–water partition coefficient (Wildman–Crippen LogP) is 5.41. The van der Waals surface area contributed by atoms with Crippen molar-refractivity contribution in [3.8, 4) is 5.75 Å². The van der Waals surface area contributed by atoms with Gasteiger partial charge in [-0.25, -0.2) is 4.98 Å². The minimum Gasteiger partial charge on any atom is -0.497 e. The van der Waals surface area contributed by atoms with Gasteiger partial charge in [0.1, 0.15) is 16.5 Å². The Morgan fingerprint density at radius 3 is 2.66 bits per heavy atom. The maximum absolute atomic E-state index is 13.2. The molecule has 0 bridgehead atoms. The lowest BCUT2D eigenvalue weighted by atomic mass is 10.1. The molecule has 4 aromatic rings. The number of rotatable bonds is 7. The number of ether oxygens (including phenoxy) is 1. The van der Waals surface area contributed by atoms with E-state index in [2.05, 4.69) is 22.3 Å². The highest BCUT2D eigenvalue weighted by Crippen LogP contribution is 2.28. The third kappa shape index (κ3) is 4.62. The lowest BCUT2D eigenvalue weighted by Crippen LogP contribution is -2.26. The molecular weight excluding hydrogens is 422 g/mol. The number of amides is 1. The maximum atomic E-state index is 13.2. The molecule has 164 valence electrons. The molecule has 2 aromatic heterocycles. The molecule has 0 saturated carbocycles. The minimum atomic E-state index is -0.0609. The van der Waals surface area contributed by atoms with E-state index in [0.29, 0.717) is 22.9 Å². The van der Waals surface area contributed by atoms with E-state index in [4.69, 9.17) is 9.26 Å². The number of aromatic nitrogens is 2. The summed E-state index contributed by atoms with van der Waals surface area (Å²) in [5.41, 5.74) is 3.56. The normalized spacial score (nSPS) is 11.0. The van der Waals surface area contributed by atoms with E-state index in [1.54, 1.807) is 24.3 Å². The highest BCUT2D eigenvalue weighted by Gasteiger charge is 2.19. The first-order chi connectivity index (χ1) is 15.5. The van der Waals surface area contributed by atoms with Crippen LogP contribution in [0.4, 0.5) is 0 Å². The lowest BCUT2D eigenvalue weighted by Gasteiger charge is -2.19. The molecule has 6 nitrogen and oxygen atoms in total. The van der Waals surface area contributed by atoms with E-state index in [9.17, 15) is 4.79 Å². The van der Waals surface area contributed by atoms with Gasteiger partial charge in [-0.3, -0.25) is 4.79 Å². The summed E-state index contributed by atoms with van der Waals surface area (Å²) < 4.78 is 10.5. The Kier molecular flexibility index (Phi) is 6.46. The van der Waals surface area contributed by atoms with Gasteiger partial charge in [0.2, 0.25) is 0 Å². The van der Waals surface area contributed by atoms with Crippen molar-refractivity contribution in [2.75, 3.05) is 14.2 Å². The molecule has 2 heterocycles. The zero-order valence-electron chi connectivity index (χ0n) is 18.6.